The molecular weight excluding hydrogens is 256 g/mol. The first-order valence-corrected chi connectivity index (χ1v) is 7.67. The normalized spacial score (nSPS) is 17.8. The Morgan fingerprint density at radius 3 is 2.95 bits per heavy atom. The molecule has 0 radical (unpaired) electrons. The summed E-state index contributed by atoms with van der Waals surface area (Å²) < 4.78 is 4.55. The lowest BCUT2D eigenvalue weighted by Crippen LogP contribution is -2.33. The highest BCUT2D eigenvalue weighted by Gasteiger charge is 2.18. The second-order valence-electron chi connectivity index (χ2n) is 4.98. The standard InChI is InChI=1S/C14H20N4S/c15-6-9-17-7-3-8-18(11-10-17)14-12-4-1-2-5-13(12)16-19-14/h1-2,4-5H,3,6-11,15H2. The van der Waals surface area contributed by atoms with Crippen molar-refractivity contribution in [3.05, 3.63) is 24.3 Å². The van der Waals surface area contributed by atoms with Gasteiger partial charge < -0.3 is 15.5 Å². The number of aromatic nitrogens is 1. The molecule has 2 N–H and O–H groups in total. The third-order valence-electron chi connectivity index (χ3n) is 3.69. The van der Waals surface area contributed by atoms with Crippen LogP contribution in [0, 0.1) is 0 Å². The third-order valence-corrected chi connectivity index (χ3v) is 4.63. The van der Waals surface area contributed by atoms with Crippen LogP contribution in [0.3, 0.4) is 0 Å². The average Bonchev–Trinajstić information content (AvgIpc) is 2.73. The van der Waals surface area contributed by atoms with Gasteiger partial charge in [0.1, 0.15) is 5.00 Å². The fourth-order valence-electron chi connectivity index (χ4n) is 2.68. The Balaban J connectivity index is 1.78. The Hall–Kier alpha value is -1.17. The van der Waals surface area contributed by atoms with Gasteiger partial charge in [0, 0.05) is 38.1 Å². The number of rotatable bonds is 3. The quantitative estimate of drug-likeness (QED) is 0.928. The van der Waals surface area contributed by atoms with E-state index in [1.165, 1.54) is 16.8 Å². The van der Waals surface area contributed by atoms with Crippen LogP contribution in [0.5, 0.6) is 0 Å². The van der Waals surface area contributed by atoms with Crippen molar-refractivity contribution in [1.29, 1.82) is 0 Å². The molecule has 0 bridgehead atoms. The van der Waals surface area contributed by atoms with Gasteiger partial charge in [-0.15, -0.1) is 0 Å². The number of nitrogens with zero attached hydrogens (tertiary/aromatic N) is 3. The molecule has 19 heavy (non-hydrogen) atoms. The summed E-state index contributed by atoms with van der Waals surface area (Å²) in [6.07, 6.45) is 1.20. The van der Waals surface area contributed by atoms with Gasteiger partial charge in [0.15, 0.2) is 0 Å². The van der Waals surface area contributed by atoms with Gasteiger partial charge in [0.2, 0.25) is 0 Å². The molecule has 2 aromatic rings. The summed E-state index contributed by atoms with van der Waals surface area (Å²) in [7, 11) is 0. The van der Waals surface area contributed by atoms with Crippen molar-refractivity contribution in [3.8, 4) is 0 Å². The molecule has 0 unspecified atom stereocenters. The van der Waals surface area contributed by atoms with Crippen molar-refractivity contribution in [2.75, 3.05) is 44.2 Å². The summed E-state index contributed by atoms with van der Waals surface area (Å²) in [6, 6.07) is 8.42. The fraction of sp³-hybridized carbons (Fsp3) is 0.500. The zero-order valence-electron chi connectivity index (χ0n) is 11.1. The van der Waals surface area contributed by atoms with Crippen LogP contribution in [0.15, 0.2) is 24.3 Å². The Morgan fingerprint density at radius 1 is 1.16 bits per heavy atom. The van der Waals surface area contributed by atoms with E-state index in [9.17, 15) is 0 Å². The molecule has 0 aliphatic carbocycles. The van der Waals surface area contributed by atoms with Gasteiger partial charge in [-0.25, -0.2) is 0 Å². The van der Waals surface area contributed by atoms with Crippen molar-refractivity contribution in [1.82, 2.24) is 9.27 Å². The van der Waals surface area contributed by atoms with Crippen LogP contribution in [0.1, 0.15) is 6.42 Å². The first-order valence-electron chi connectivity index (χ1n) is 6.90. The lowest BCUT2D eigenvalue weighted by Gasteiger charge is -2.21. The summed E-state index contributed by atoms with van der Waals surface area (Å²) in [5, 5.41) is 2.62. The molecule has 0 amide bonds. The predicted octanol–water partition coefficient (Wildman–Crippen LogP) is 1.77. The van der Waals surface area contributed by atoms with Crippen molar-refractivity contribution < 1.29 is 0 Å². The molecule has 0 spiro atoms. The molecule has 4 nitrogen and oxygen atoms in total. The Kier molecular flexibility index (Phi) is 3.96. The molecular formula is C14H20N4S. The first kappa shape index (κ1) is 12.8. The molecule has 3 rings (SSSR count). The monoisotopic (exact) mass is 276 g/mol. The second kappa shape index (κ2) is 5.86. The van der Waals surface area contributed by atoms with Gasteiger partial charge in [0.25, 0.3) is 0 Å². The summed E-state index contributed by atoms with van der Waals surface area (Å²) in [5.74, 6) is 0. The van der Waals surface area contributed by atoms with Gasteiger partial charge in [-0.2, -0.15) is 4.37 Å². The van der Waals surface area contributed by atoms with Crippen molar-refractivity contribution in [2.24, 2.45) is 5.73 Å². The van der Waals surface area contributed by atoms with Crippen molar-refractivity contribution >= 4 is 27.4 Å². The number of hydrogen-bond acceptors (Lipinski definition) is 5. The average molecular weight is 276 g/mol. The van der Waals surface area contributed by atoms with E-state index in [0.29, 0.717) is 0 Å². The minimum atomic E-state index is 0.753. The lowest BCUT2D eigenvalue weighted by molar-refractivity contribution is 0.302. The largest absolute Gasteiger partial charge is 0.360 e. The van der Waals surface area contributed by atoms with Gasteiger partial charge in [-0.05, 0) is 36.6 Å². The molecule has 102 valence electrons. The number of anilines is 1. The minimum absolute atomic E-state index is 0.753. The number of fused-ring (bicyclic) bond motifs is 1. The second-order valence-corrected chi connectivity index (χ2v) is 5.73. The molecule has 1 fully saturated rings. The van der Waals surface area contributed by atoms with Gasteiger partial charge in [-0.1, -0.05) is 12.1 Å². The van der Waals surface area contributed by atoms with E-state index in [1.54, 1.807) is 11.5 Å². The lowest BCUT2D eigenvalue weighted by atomic mass is 10.2. The number of hydrogen-bond donors (Lipinski definition) is 1. The van der Waals surface area contributed by atoms with E-state index in [1.807, 2.05) is 0 Å². The zero-order valence-corrected chi connectivity index (χ0v) is 11.9. The van der Waals surface area contributed by atoms with Crippen LogP contribution in [0.2, 0.25) is 0 Å². The number of benzene rings is 1. The van der Waals surface area contributed by atoms with Gasteiger partial charge in [-0.3, -0.25) is 0 Å². The van der Waals surface area contributed by atoms with Crippen LogP contribution in [-0.2, 0) is 0 Å². The fourth-order valence-corrected chi connectivity index (χ4v) is 3.60. The van der Waals surface area contributed by atoms with Gasteiger partial charge in [0.05, 0.1) is 5.52 Å². The Bertz CT molecular complexity index is 539. The zero-order chi connectivity index (χ0) is 13.1. The minimum Gasteiger partial charge on any atom is -0.360 e. The maximum Gasteiger partial charge on any atom is 0.120 e. The molecule has 1 aliphatic rings. The van der Waals surface area contributed by atoms with E-state index < -0.39 is 0 Å². The van der Waals surface area contributed by atoms with Crippen molar-refractivity contribution in [2.45, 2.75) is 6.42 Å². The third kappa shape index (κ3) is 2.73. The summed E-state index contributed by atoms with van der Waals surface area (Å²) in [4.78, 5) is 4.94. The molecule has 0 saturated carbocycles. The van der Waals surface area contributed by atoms with E-state index in [0.717, 1.165) is 44.8 Å². The first-order chi connectivity index (χ1) is 9.38. The Morgan fingerprint density at radius 2 is 2.05 bits per heavy atom. The maximum absolute atomic E-state index is 5.65. The smallest absolute Gasteiger partial charge is 0.120 e. The maximum atomic E-state index is 5.65. The van der Waals surface area contributed by atoms with Crippen LogP contribution in [0.25, 0.3) is 10.9 Å². The number of nitrogens with two attached hydrogens (primary N) is 1. The van der Waals surface area contributed by atoms with Crippen LogP contribution < -0.4 is 10.6 Å². The van der Waals surface area contributed by atoms with Crippen LogP contribution in [-0.4, -0.2) is 48.5 Å². The molecule has 1 aromatic heterocycles. The molecule has 1 aromatic carbocycles. The van der Waals surface area contributed by atoms with E-state index in [-0.39, 0.29) is 0 Å². The van der Waals surface area contributed by atoms with Crippen molar-refractivity contribution in [3.63, 3.8) is 0 Å². The summed E-state index contributed by atoms with van der Waals surface area (Å²) in [5.41, 5.74) is 6.77. The highest BCUT2D eigenvalue weighted by atomic mass is 32.1. The highest BCUT2D eigenvalue weighted by molar-refractivity contribution is 7.11. The van der Waals surface area contributed by atoms with Crippen LogP contribution >= 0.6 is 11.5 Å². The molecule has 2 heterocycles. The highest BCUT2D eigenvalue weighted by Crippen LogP contribution is 2.31. The molecule has 5 heteroatoms. The summed E-state index contributed by atoms with van der Waals surface area (Å²) >= 11 is 1.63. The predicted molar refractivity (Wildman–Crippen MR) is 81.9 cm³/mol. The van der Waals surface area contributed by atoms with Gasteiger partial charge >= 0.3 is 0 Å². The van der Waals surface area contributed by atoms with E-state index in [2.05, 4.69) is 38.4 Å². The Labute approximate surface area is 118 Å². The van der Waals surface area contributed by atoms with Crippen LogP contribution in [0.4, 0.5) is 5.00 Å². The topological polar surface area (TPSA) is 45.4 Å². The molecule has 1 aliphatic heterocycles. The summed E-state index contributed by atoms with van der Waals surface area (Å²) in [6.45, 7) is 6.22. The SMILES string of the molecule is NCCN1CCCN(c2snc3ccccc23)CC1. The molecule has 1 saturated heterocycles. The van der Waals surface area contributed by atoms with E-state index in [4.69, 9.17) is 5.73 Å². The van der Waals surface area contributed by atoms with E-state index >= 15 is 0 Å². The molecule has 0 atom stereocenters.